The van der Waals surface area contributed by atoms with Gasteiger partial charge in [0.25, 0.3) is 6.43 Å². The molecule has 3 heterocycles. The number of aryl methyl sites for hydroxylation is 1. The van der Waals surface area contributed by atoms with Crippen LogP contribution in [0.15, 0.2) is 60.8 Å². The molecule has 1 atom stereocenters. The zero-order chi connectivity index (χ0) is 20.7. The zero-order valence-corrected chi connectivity index (χ0v) is 16.9. The summed E-state index contributed by atoms with van der Waals surface area (Å²) in [5.74, 6) is 0. The van der Waals surface area contributed by atoms with E-state index < -0.39 is 6.43 Å². The van der Waals surface area contributed by atoms with Gasteiger partial charge in [0.1, 0.15) is 17.1 Å². The molecule has 1 aromatic carbocycles. The van der Waals surface area contributed by atoms with Crippen molar-refractivity contribution >= 4 is 33.4 Å². The number of benzene rings is 1. The van der Waals surface area contributed by atoms with Crippen LogP contribution in [-0.2, 0) is 6.42 Å². The third-order valence-electron chi connectivity index (χ3n) is 5.90. The molecule has 4 nitrogen and oxygen atoms in total. The van der Waals surface area contributed by atoms with Gasteiger partial charge in [-0.1, -0.05) is 35.4 Å². The summed E-state index contributed by atoms with van der Waals surface area (Å²) in [4.78, 5) is 12.6. The number of fused-ring (bicyclic) bond motifs is 2. The van der Waals surface area contributed by atoms with E-state index in [0.29, 0.717) is 10.5 Å². The number of nitrogens with zero attached hydrogens (tertiary/aromatic N) is 4. The Kier molecular flexibility index (Phi) is 4.95. The largest absolute Gasteiger partial charge is 0.325 e. The lowest BCUT2D eigenvalue weighted by molar-refractivity contribution is 0.153. The minimum Gasteiger partial charge on any atom is -0.325 e. The molecule has 0 aliphatic heterocycles. The molecule has 152 valence electrons. The van der Waals surface area contributed by atoms with Crippen molar-refractivity contribution in [3.8, 4) is 0 Å². The monoisotopic (exact) mass is 424 g/mol. The number of hydrogen-bond donors (Lipinski definition) is 0. The first-order valence-corrected chi connectivity index (χ1v) is 10.3. The average molecular weight is 425 g/mol. The topological polar surface area (TPSA) is 43.6 Å². The summed E-state index contributed by atoms with van der Waals surface area (Å²) in [6.07, 6.45) is 10.3. The molecular weight excluding hydrogens is 406 g/mol. The van der Waals surface area contributed by atoms with Crippen LogP contribution in [0.2, 0.25) is 5.15 Å². The van der Waals surface area contributed by atoms with Gasteiger partial charge in [0, 0.05) is 29.5 Å². The van der Waals surface area contributed by atoms with Gasteiger partial charge >= 0.3 is 0 Å². The third-order valence-corrected chi connectivity index (χ3v) is 6.20. The summed E-state index contributed by atoms with van der Waals surface area (Å²) >= 11 is 6.17. The lowest BCUT2D eigenvalue weighted by Gasteiger charge is -2.11. The standard InChI is InChI=1S/C23H19ClF2N4/c24-21-19-8-10-30(23(19)29-13-28-21)16-5-2-14(11-16)1-3-15-4-6-18(22(25)26)17-7-9-27-12-20(15)17/h4,6-13,16,22H,1-3,5H2. The number of pyridine rings is 1. The van der Waals surface area contributed by atoms with Gasteiger partial charge in [0.05, 0.1) is 11.4 Å². The second-order valence-electron chi connectivity index (χ2n) is 7.59. The zero-order valence-electron chi connectivity index (χ0n) is 16.1. The van der Waals surface area contributed by atoms with Crippen molar-refractivity contribution < 1.29 is 8.78 Å². The van der Waals surface area contributed by atoms with Crippen molar-refractivity contribution in [2.45, 2.75) is 38.2 Å². The second-order valence-corrected chi connectivity index (χ2v) is 7.95. The van der Waals surface area contributed by atoms with Gasteiger partial charge in [-0.3, -0.25) is 4.98 Å². The fourth-order valence-corrected chi connectivity index (χ4v) is 4.57. The van der Waals surface area contributed by atoms with E-state index in [2.05, 4.69) is 25.6 Å². The molecule has 0 spiro atoms. The number of halogens is 3. The first-order chi connectivity index (χ1) is 14.6. The van der Waals surface area contributed by atoms with E-state index in [1.165, 1.54) is 11.9 Å². The van der Waals surface area contributed by atoms with Crippen LogP contribution in [0, 0.1) is 0 Å². The Balaban J connectivity index is 1.37. The van der Waals surface area contributed by atoms with Crippen LogP contribution in [0.25, 0.3) is 21.8 Å². The normalized spacial score (nSPS) is 16.7. The molecule has 0 fully saturated rings. The van der Waals surface area contributed by atoms with Crippen molar-refractivity contribution in [1.82, 2.24) is 19.5 Å². The second kappa shape index (κ2) is 7.76. The van der Waals surface area contributed by atoms with E-state index in [4.69, 9.17) is 11.6 Å². The van der Waals surface area contributed by atoms with Crippen LogP contribution in [0.3, 0.4) is 0 Å². The lowest BCUT2D eigenvalue weighted by atomic mass is 9.97. The predicted octanol–water partition coefficient (Wildman–Crippen LogP) is 6.46. The number of rotatable bonds is 5. The molecule has 7 heteroatoms. The van der Waals surface area contributed by atoms with Gasteiger partial charge in [-0.05, 0) is 48.8 Å². The van der Waals surface area contributed by atoms with E-state index in [9.17, 15) is 8.78 Å². The fraction of sp³-hybridized carbons (Fsp3) is 0.261. The molecule has 4 aromatic rings. The van der Waals surface area contributed by atoms with Crippen LogP contribution >= 0.6 is 11.6 Å². The Labute approximate surface area is 177 Å². The highest BCUT2D eigenvalue weighted by Crippen LogP contribution is 2.35. The van der Waals surface area contributed by atoms with Gasteiger partial charge in [0.15, 0.2) is 0 Å². The summed E-state index contributed by atoms with van der Waals surface area (Å²) in [5.41, 5.74) is 3.34. The number of alkyl halides is 2. The predicted molar refractivity (Wildman–Crippen MR) is 114 cm³/mol. The molecule has 1 aliphatic carbocycles. The Morgan fingerprint density at radius 1 is 1.07 bits per heavy atom. The van der Waals surface area contributed by atoms with Crippen LogP contribution in [0.1, 0.15) is 42.9 Å². The molecule has 0 saturated carbocycles. The minimum absolute atomic E-state index is 0.0661. The summed E-state index contributed by atoms with van der Waals surface area (Å²) in [5, 5.41) is 2.73. The van der Waals surface area contributed by atoms with Crippen molar-refractivity contribution in [1.29, 1.82) is 0 Å². The SMILES string of the molecule is FC(F)c1ccc(CCC2=CC(n3ccc4c(Cl)ncnc43)CC2)c2cnccc12. The number of aromatic nitrogens is 4. The summed E-state index contributed by atoms with van der Waals surface area (Å²) in [6.45, 7) is 0. The molecule has 0 N–H and O–H groups in total. The Morgan fingerprint density at radius 3 is 2.83 bits per heavy atom. The number of allylic oxidation sites excluding steroid dienone is 2. The Morgan fingerprint density at radius 2 is 1.97 bits per heavy atom. The highest BCUT2D eigenvalue weighted by Gasteiger charge is 2.20. The number of hydrogen-bond acceptors (Lipinski definition) is 3. The van der Waals surface area contributed by atoms with Crippen LogP contribution < -0.4 is 0 Å². The van der Waals surface area contributed by atoms with Crippen LogP contribution in [0.4, 0.5) is 8.78 Å². The summed E-state index contributed by atoms with van der Waals surface area (Å²) in [6, 6.07) is 7.23. The lowest BCUT2D eigenvalue weighted by Crippen LogP contribution is -2.02. The van der Waals surface area contributed by atoms with E-state index in [0.717, 1.165) is 47.7 Å². The van der Waals surface area contributed by atoms with E-state index in [1.54, 1.807) is 24.5 Å². The van der Waals surface area contributed by atoms with Crippen molar-refractivity contribution in [2.75, 3.05) is 0 Å². The van der Waals surface area contributed by atoms with Crippen LogP contribution in [0.5, 0.6) is 0 Å². The maximum atomic E-state index is 13.3. The Hall–Kier alpha value is -2.86. The minimum atomic E-state index is -2.49. The molecule has 0 bridgehead atoms. The maximum absolute atomic E-state index is 13.3. The molecule has 0 amide bonds. The Bertz CT molecular complexity index is 1260. The maximum Gasteiger partial charge on any atom is 0.264 e. The van der Waals surface area contributed by atoms with E-state index in [-0.39, 0.29) is 11.6 Å². The fourth-order valence-electron chi connectivity index (χ4n) is 4.38. The van der Waals surface area contributed by atoms with Gasteiger partial charge in [-0.25, -0.2) is 18.7 Å². The quantitative estimate of drug-likeness (QED) is 0.272. The molecule has 3 aromatic heterocycles. The molecule has 1 unspecified atom stereocenters. The summed E-state index contributed by atoms with van der Waals surface area (Å²) < 4.78 is 28.8. The molecular formula is C23H19ClF2N4. The first-order valence-electron chi connectivity index (χ1n) is 9.92. The smallest absolute Gasteiger partial charge is 0.264 e. The van der Waals surface area contributed by atoms with Crippen molar-refractivity contribution in [3.63, 3.8) is 0 Å². The molecule has 0 saturated heterocycles. The molecule has 5 rings (SSSR count). The first kappa shape index (κ1) is 19.1. The van der Waals surface area contributed by atoms with Gasteiger partial charge in [-0.2, -0.15) is 0 Å². The van der Waals surface area contributed by atoms with Crippen molar-refractivity contribution in [3.05, 3.63) is 77.1 Å². The molecule has 1 aliphatic rings. The van der Waals surface area contributed by atoms with Crippen molar-refractivity contribution in [2.24, 2.45) is 0 Å². The highest BCUT2D eigenvalue weighted by molar-refractivity contribution is 6.33. The average Bonchev–Trinajstić information content (AvgIpc) is 3.39. The molecule has 0 radical (unpaired) electrons. The molecule has 30 heavy (non-hydrogen) atoms. The van der Waals surface area contributed by atoms with E-state index in [1.807, 2.05) is 18.3 Å². The van der Waals surface area contributed by atoms with E-state index >= 15 is 0 Å². The van der Waals surface area contributed by atoms with Gasteiger partial charge in [-0.15, -0.1) is 0 Å². The van der Waals surface area contributed by atoms with Crippen LogP contribution in [-0.4, -0.2) is 19.5 Å². The summed E-state index contributed by atoms with van der Waals surface area (Å²) in [7, 11) is 0. The third kappa shape index (κ3) is 3.35. The van der Waals surface area contributed by atoms with Gasteiger partial charge in [0.2, 0.25) is 0 Å². The van der Waals surface area contributed by atoms with Gasteiger partial charge < -0.3 is 4.57 Å². The highest BCUT2D eigenvalue weighted by atomic mass is 35.5.